The van der Waals surface area contributed by atoms with Crippen LogP contribution < -0.4 is 14.2 Å². The zero-order chi connectivity index (χ0) is 18.7. The number of benzene rings is 1. The second-order valence-corrected chi connectivity index (χ2v) is 8.39. The van der Waals surface area contributed by atoms with E-state index in [1.165, 1.54) is 10.6 Å². The van der Waals surface area contributed by atoms with Gasteiger partial charge in [-0.1, -0.05) is 0 Å². The van der Waals surface area contributed by atoms with Crippen molar-refractivity contribution in [1.29, 1.82) is 0 Å². The van der Waals surface area contributed by atoms with E-state index in [0.717, 1.165) is 19.3 Å². The summed E-state index contributed by atoms with van der Waals surface area (Å²) in [5.74, 6) is 1.50. The van der Waals surface area contributed by atoms with Crippen LogP contribution in [0.25, 0.3) is 0 Å². The van der Waals surface area contributed by atoms with Crippen LogP contribution >= 0.6 is 0 Å². The standard InChI is InChI=1S/C18H21N3O5S/c22-27(23,15-4-5-16-17(11-15)25-10-2-9-24-16)21-8-1-3-14(12-21)26-18-6-7-19-13-20-18/h4-7,11,13-14H,1-3,8-10,12H2. The summed E-state index contributed by atoms with van der Waals surface area (Å²) in [5, 5.41) is 0. The van der Waals surface area contributed by atoms with Crippen molar-refractivity contribution in [1.82, 2.24) is 14.3 Å². The molecule has 8 nitrogen and oxygen atoms in total. The maximum atomic E-state index is 13.1. The maximum Gasteiger partial charge on any atom is 0.243 e. The van der Waals surface area contributed by atoms with Crippen LogP contribution in [0.3, 0.4) is 0 Å². The normalized spacial score (nSPS) is 20.7. The highest BCUT2D eigenvalue weighted by molar-refractivity contribution is 7.89. The number of ether oxygens (including phenoxy) is 3. The van der Waals surface area contributed by atoms with Crippen LogP contribution in [-0.2, 0) is 10.0 Å². The third kappa shape index (κ3) is 3.98. The van der Waals surface area contributed by atoms with Gasteiger partial charge in [0.2, 0.25) is 15.9 Å². The number of rotatable bonds is 4. The van der Waals surface area contributed by atoms with E-state index in [9.17, 15) is 8.42 Å². The molecule has 1 unspecified atom stereocenters. The number of aromatic nitrogens is 2. The molecule has 27 heavy (non-hydrogen) atoms. The molecule has 0 spiro atoms. The number of hydrogen-bond acceptors (Lipinski definition) is 7. The Morgan fingerprint density at radius 3 is 2.78 bits per heavy atom. The van der Waals surface area contributed by atoms with Gasteiger partial charge in [0.15, 0.2) is 11.5 Å². The van der Waals surface area contributed by atoms with Crippen molar-refractivity contribution in [3.8, 4) is 17.4 Å². The number of piperidine rings is 1. The summed E-state index contributed by atoms with van der Waals surface area (Å²) in [6.07, 6.45) is 5.02. The Kier molecular flexibility index (Phi) is 5.13. The summed E-state index contributed by atoms with van der Waals surface area (Å²) >= 11 is 0. The molecule has 144 valence electrons. The summed E-state index contributed by atoms with van der Waals surface area (Å²) in [5.41, 5.74) is 0. The van der Waals surface area contributed by atoms with E-state index in [1.807, 2.05) is 0 Å². The molecule has 3 heterocycles. The Balaban J connectivity index is 1.52. The molecular formula is C18H21N3O5S. The third-order valence-corrected chi connectivity index (χ3v) is 6.40. The van der Waals surface area contributed by atoms with Gasteiger partial charge in [-0.3, -0.25) is 0 Å². The van der Waals surface area contributed by atoms with Crippen LogP contribution in [-0.4, -0.2) is 55.1 Å². The first kappa shape index (κ1) is 18.0. The van der Waals surface area contributed by atoms with Crippen LogP contribution in [0.4, 0.5) is 0 Å². The lowest BCUT2D eigenvalue weighted by atomic mass is 10.1. The van der Waals surface area contributed by atoms with Gasteiger partial charge in [0, 0.05) is 31.3 Å². The molecule has 9 heteroatoms. The van der Waals surface area contributed by atoms with Crippen molar-refractivity contribution >= 4 is 10.0 Å². The van der Waals surface area contributed by atoms with Crippen molar-refractivity contribution in [3.05, 3.63) is 36.8 Å². The number of sulfonamides is 1. The minimum absolute atomic E-state index is 0.203. The van der Waals surface area contributed by atoms with Crippen molar-refractivity contribution < 1.29 is 22.6 Å². The summed E-state index contributed by atoms with van der Waals surface area (Å²) in [6, 6.07) is 6.44. The summed E-state index contributed by atoms with van der Waals surface area (Å²) in [7, 11) is -3.65. The van der Waals surface area contributed by atoms with Gasteiger partial charge in [0.05, 0.1) is 24.7 Å². The van der Waals surface area contributed by atoms with E-state index in [4.69, 9.17) is 14.2 Å². The fourth-order valence-corrected chi connectivity index (χ4v) is 4.72. The zero-order valence-corrected chi connectivity index (χ0v) is 15.6. The Morgan fingerprint density at radius 1 is 1.11 bits per heavy atom. The lowest BCUT2D eigenvalue weighted by molar-refractivity contribution is 0.124. The molecule has 0 aliphatic carbocycles. The van der Waals surface area contributed by atoms with Crippen LogP contribution in [0.15, 0.2) is 41.7 Å². The zero-order valence-electron chi connectivity index (χ0n) is 14.8. The molecule has 1 saturated heterocycles. The molecule has 4 rings (SSSR count). The van der Waals surface area contributed by atoms with E-state index in [1.54, 1.807) is 30.5 Å². The topological polar surface area (TPSA) is 90.9 Å². The Morgan fingerprint density at radius 2 is 1.96 bits per heavy atom. The van der Waals surface area contributed by atoms with E-state index in [-0.39, 0.29) is 17.5 Å². The van der Waals surface area contributed by atoms with Crippen LogP contribution in [0, 0.1) is 0 Å². The van der Waals surface area contributed by atoms with Crippen LogP contribution in [0.1, 0.15) is 19.3 Å². The highest BCUT2D eigenvalue weighted by Crippen LogP contribution is 2.33. The second kappa shape index (κ2) is 7.69. The summed E-state index contributed by atoms with van der Waals surface area (Å²) in [6.45, 7) is 1.81. The van der Waals surface area contributed by atoms with Gasteiger partial charge < -0.3 is 14.2 Å². The maximum absolute atomic E-state index is 13.1. The van der Waals surface area contributed by atoms with Crippen LogP contribution in [0.2, 0.25) is 0 Å². The van der Waals surface area contributed by atoms with Gasteiger partial charge in [-0.2, -0.15) is 4.31 Å². The Bertz CT molecular complexity index is 891. The first-order chi connectivity index (χ1) is 13.1. The fourth-order valence-electron chi connectivity index (χ4n) is 3.19. The average molecular weight is 391 g/mol. The van der Waals surface area contributed by atoms with Gasteiger partial charge in [0.25, 0.3) is 0 Å². The number of fused-ring (bicyclic) bond motifs is 1. The van der Waals surface area contributed by atoms with Gasteiger partial charge in [-0.05, 0) is 25.0 Å². The van der Waals surface area contributed by atoms with Gasteiger partial charge >= 0.3 is 0 Å². The Hall–Kier alpha value is -2.39. The quantitative estimate of drug-likeness (QED) is 0.786. The number of nitrogens with zero attached hydrogens (tertiary/aromatic N) is 3. The van der Waals surface area contributed by atoms with Crippen molar-refractivity contribution in [3.63, 3.8) is 0 Å². The Labute approximate surface area is 158 Å². The second-order valence-electron chi connectivity index (χ2n) is 6.45. The largest absolute Gasteiger partial charge is 0.490 e. The van der Waals surface area contributed by atoms with Gasteiger partial charge in [-0.15, -0.1) is 0 Å². The molecule has 1 atom stereocenters. The highest BCUT2D eigenvalue weighted by Gasteiger charge is 2.32. The molecule has 0 amide bonds. The first-order valence-corrected chi connectivity index (χ1v) is 10.4. The van der Waals surface area contributed by atoms with Gasteiger partial charge in [0.1, 0.15) is 12.4 Å². The average Bonchev–Trinajstić information content (AvgIpc) is 2.94. The minimum atomic E-state index is -3.65. The van der Waals surface area contributed by atoms with E-state index in [2.05, 4.69) is 9.97 Å². The lowest BCUT2D eigenvalue weighted by Crippen LogP contribution is -2.44. The molecule has 2 aliphatic heterocycles. The molecule has 0 radical (unpaired) electrons. The smallest absolute Gasteiger partial charge is 0.243 e. The fraction of sp³-hybridized carbons (Fsp3) is 0.444. The molecule has 0 saturated carbocycles. The molecule has 2 aromatic rings. The van der Waals surface area contributed by atoms with Crippen molar-refractivity contribution in [2.24, 2.45) is 0 Å². The monoisotopic (exact) mass is 391 g/mol. The molecule has 0 N–H and O–H groups in total. The predicted molar refractivity (Wildman–Crippen MR) is 96.5 cm³/mol. The minimum Gasteiger partial charge on any atom is -0.490 e. The van der Waals surface area contributed by atoms with E-state index >= 15 is 0 Å². The predicted octanol–water partition coefficient (Wildman–Crippen LogP) is 1.87. The van der Waals surface area contributed by atoms with Crippen LogP contribution in [0.5, 0.6) is 17.4 Å². The number of hydrogen-bond donors (Lipinski definition) is 0. The van der Waals surface area contributed by atoms with E-state index in [0.29, 0.717) is 37.1 Å². The molecule has 2 aliphatic rings. The molecule has 1 fully saturated rings. The lowest BCUT2D eigenvalue weighted by Gasteiger charge is -2.31. The highest BCUT2D eigenvalue weighted by atomic mass is 32.2. The molecule has 1 aromatic heterocycles. The summed E-state index contributed by atoms with van der Waals surface area (Å²) < 4.78 is 44.7. The SMILES string of the molecule is O=S(=O)(c1ccc2c(c1)OCCCO2)N1CCCC(Oc2ccncn2)C1. The first-order valence-electron chi connectivity index (χ1n) is 8.95. The third-order valence-electron chi connectivity index (χ3n) is 4.54. The van der Waals surface area contributed by atoms with Crippen molar-refractivity contribution in [2.75, 3.05) is 26.3 Å². The summed E-state index contributed by atoms with van der Waals surface area (Å²) in [4.78, 5) is 8.10. The van der Waals surface area contributed by atoms with E-state index < -0.39 is 10.0 Å². The van der Waals surface area contributed by atoms with Crippen molar-refractivity contribution in [2.45, 2.75) is 30.3 Å². The van der Waals surface area contributed by atoms with Gasteiger partial charge in [-0.25, -0.2) is 18.4 Å². The molecule has 0 bridgehead atoms. The molecular weight excluding hydrogens is 370 g/mol. The molecule has 1 aromatic carbocycles.